The highest BCUT2D eigenvalue weighted by atomic mass is 127. The first-order valence-corrected chi connectivity index (χ1v) is 6.59. The Morgan fingerprint density at radius 2 is 1.90 bits per heavy atom. The fraction of sp³-hybridized carbons (Fsp3) is 0.500. The van der Waals surface area contributed by atoms with Crippen molar-refractivity contribution in [2.45, 2.75) is 13.5 Å². The number of aliphatic hydroxyl groups is 1. The lowest BCUT2D eigenvalue weighted by Crippen LogP contribution is -2.38. The molecule has 0 aliphatic rings. The van der Waals surface area contributed by atoms with E-state index in [-0.39, 0.29) is 30.6 Å². The number of benzene rings is 1. The topological polar surface area (TPSA) is 75.1 Å². The summed E-state index contributed by atoms with van der Waals surface area (Å²) in [5, 5.41) is 15.0. The van der Waals surface area contributed by atoms with Crippen LogP contribution in [0.1, 0.15) is 12.5 Å². The highest BCUT2D eigenvalue weighted by Gasteiger charge is 2.04. The fourth-order valence-corrected chi connectivity index (χ4v) is 1.67. The number of guanidine groups is 1. The number of hydrogen-bond donors (Lipinski definition) is 3. The highest BCUT2D eigenvalue weighted by molar-refractivity contribution is 14.0. The number of aliphatic imine (C=N–C) groups is 1. The van der Waals surface area contributed by atoms with Crippen LogP contribution < -0.4 is 20.1 Å². The van der Waals surface area contributed by atoms with Crippen LogP contribution >= 0.6 is 24.0 Å². The van der Waals surface area contributed by atoms with E-state index in [0.29, 0.717) is 30.5 Å². The van der Waals surface area contributed by atoms with Gasteiger partial charge in [-0.15, -0.1) is 24.0 Å². The van der Waals surface area contributed by atoms with Gasteiger partial charge in [0.15, 0.2) is 17.5 Å². The van der Waals surface area contributed by atoms with Gasteiger partial charge in [-0.25, -0.2) is 4.99 Å². The summed E-state index contributed by atoms with van der Waals surface area (Å²) >= 11 is 0. The van der Waals surface area contributed by atoms with Gasteiger partial charge in [-0.1, -0.05) is 6.07 Å². The van der Waals surface area contributed by atoms with E-state index in [0.717, 1.165) is 12.1 Å². The van der Waals surface area contributed by atoms with Crippen molar-refractivity contribution in [3.8, 4) is 11.5 Å². The van der Waals surface area contributed by atoms with E-state index in [4.69, 9.17) is 14.6 Å². The molecule has 0 radical (unpaired) electrons. The zero-order valence-electron chi connectivity index (χ0n) is 12.7. The molecule has 3 N–H and O–H groups in total. The number of nitrogens with zero attached hydrogens (tertiary/aromatic N) is 1. The van der Waals surface area contributed by atoms with Crippen molar-refractivity contribution in [1.82, 2.24) is 10.6 Å². The van der Waals surface area contributed by atoms with Crippen LogP contribution in [0, 0.1) is 0 Å². The molecule has 0 heterocycles. The molecule has 0 unspecified atom stereocenters. The molecule has 0 aliphatic carbocycles. The summed E-state index contributed by atoms with van der Waals surface area (Å²) in [6.07, 6.45) is 0. The van der Waals surface area contributed by atoms with Gasteiger partial charge in [0.2, 0.25) is 0 Å². The maximum atomic E-state index is 8.82. The maximum Gasteiger partial charge on any atom is 0.191 e. The van der Waals surface area contributed by atoms with Gasteiger partial charge < -0.3 is 25.2 Å². The number of hydrogen-bond acceptors (Lipinski definition) is 4. The molecule has 0 bridgehead atoms. The van der Waals surface area contributed by atoms with Crippen molar-refractivity contribution in [1.29, 1.82) is 0 Å². The van der Waals surface area contributed by atoms with E-state index in [2.05, 4.69) is 15.6 Å². The predicted molar refractivity (Wildman–Crippen MR) is 94.9 cm³/mol. The monoisotopic (exact) mass is 409 g/mol. The van der Waals surface area contributed by atoms with Crippen molar-refractivity contribution in [3.05, 3.63) is 23.8 Å². The number of rotatable bonds is 7. The van der Waals surface area contributed by atoms with Crippen molar-refractivity contribution >= 4 is 29.9 Å². The van der Waals surface area contributed by atoms with E-state index >= 15 is 0 Å². The second kappa shape index (κ2) is 11.4. The molecule has 0 spiro atoms. The number of ether oxygens (including phenoxy) is 2. The van der Waals surface area contributed by atoms with Crippen LogP contribution in [-0.2, 0) is 6.54 Å². The number of methoxy groups -OCH3 is 2. The number of aliphatic hydroxyl groups excluding tert-OH is 1. The molecule has 21 heavy (non-hydrogen) atoms. The lowest BCUT2D eigenvalue weighted by Gasteiger charge is -2.11. The summed E-state index contributed by atoms with van der Waals surface area (Å²) in [6, 6.07) is 5.70. The van der Waals surface area contributed by atoms with Gasteiger partial charge in [0.1, 0.15) is 0 Å². The van der Waals surface area contributed by atoms with Gasteiger partial charge in [-0.05, 0) is 24.6 Å². The van der Waals surface area contributed by atoms with Crippen LogP contribution in [0.15, 0.2) is 23.2 Å². The minimum atomic E-state index is 0. The second-order valence-electron chi connectivity index (χ2n) is 4.03. The van der Waals surface area contributed by atoms with Gasteiger partial charge in [0.05, 0.1) is 27.4 Å². The van der Waals surface area contributed by atoms with E-state index in [1.54, 1.807) is 14.2 Å². The number of nitrogens with one attached hydrogen (secondary N) is 2. The minimum Gasteiger partial charge on any atom is -0.493 e. The Kier molecular flexibility index (Phi) is 10.8. The molecule has 0 saturated heterocycles. The summed E-state index contributed by atoms with van der Waals surface area (Å²) in [4.78, 5) is 4.44. The first-order valence-electron chi connectivity index (χ1n) is 6.59. The van der Waals surface area contributed by atoms with Gasteiger partial charge in [0, 0.05) is 13.1 Å². The number of halogens is 1. The van der Waals surface area contributed by atoms with Crippen molar-refractivity contribution in [3.63, 3.8) is 0 Å². The Labute approximate surface area is 143 Å². The first-order chi connectivity index (χ1) is 9.74. The average Bonchev–Trinajstić information content (AvgIpc) is 2.49. The fourth-order valence-electron chi connectivity index (χ4n) is 1.67. The van der Waals surface area contributed by atoms with Crippen LogP contribution in [0.4, 0.5) is 0 Å². The zero-order chi connectivity index (χ0) is 14.8. The Hall–Kier alpha value is -1.22. The standard InChI is InChI=1S/C14H23N3O3.HI/c1-4-15-14(16-7-8-18)17-10-11-5-6-12(19-2)13(9-11)20-3;/h5-6,9,18H,4,7-8,10H2,1-3H3,(H2,15,16,17);1H. The van der Waals surface area contributed by atoms with E-state index in [1.807, 2.05) is 25.1 Å². The summed E-state index contributed by atoms with van der Waals surface area (Å²) < 4.78 is 10.5. The third-order valence-corrected chi connectivity index (χ3v) is 2.62. The molecule has 120 valence electrons. The largest absolute Gasteiger partial charge is 0.493 e. The normalized spacial score (nSPS) is 10.6. The quantitative estimate of drug-likeness (QED) is 0.361. The second-order valence-corrected chi connectivity index (χ2v) is 4.03. The van der Waals surface area contributed by atoms with Crippen LogP contribution in [0.5, 0.6) is 11.5 Å². The van der Waals surface area contributed by atoms with Gasteiger partial charge in [0.25, 0.3) is 0 Å². The van der Waals surface area contributed by atoms with Crippen LogP contribution in [-0.4, -0.2) is 45.0 Å². The summed E-state index contributed by atoms with van der Waals surface area (Å²) in [5.41, 5.74) is 1.02. The maximum absolute atomic E-state index is 8.82. The molecular weight excluding hydrogens is 385 g/mol. The molecule has 7 heteroatoms. The van der Waals surface area contributed by atoms with Crippen molar-refractivity contribution < 1.29 is 14.6 Å². The SMILES string of the molecule is CCNC(=NCc1ccc(OC)c(OC)c1)NCCO.I. The lowest BCUT2D eigenvalue weighted by molar-refractivity contribution is 0.300. The summed E-state index contributed by atoms with van der Waals surface area (Å²) in [7, 11) is 3.22. The molecule has 1 rings (SSSR count). The van der Waals surface area contributed by atoms with E-state index < -0.39 is 0 Å². The third-order valence-electron chi connectivity index (χ3n) is 2.62. The van der Waals surface area contributed by atoms with E-state index in [9.17, 15) is 0 Å². The van der Waals surface area contributed by atoms with Gasteiger partial charge >= 0.3 is 0 Å². The molecule has 0 aliphatic heterocycles. The smallest absolute Gasteiger partial charge is 0.191 e. The van der Waals surface area contributed by atoms with Gasteiger partial charge in [-0.3, -0.25) is 0 Å². The van der Waals surface area contributed by atoms with Gasteiger partial charge in [-0.2, -0.15) is 0 Å². The van der Waals surface area contributed by atoms with Crippen LogP contribution in [0.2, 0.25) is 0 Å². The summed E-state index contributed by atoms with van der Waals surface area (Å²) in [6.45, 7) is 3.81. The molecule has 6 nitrogen and oxygen atoms in total. The molecular formula is C14H24IN3O3. The lowest BCUT2D eigenvalue weighted by atomic mass is 10.2. The van der Waals surface area contributed by atoms with E-state index in [1.165, 1.54) is 0 Å². The van der Waals surface area contributed by atoms with Crippen molar-refractivity contribution in [2.75, 3.05) is 33.9 Å². The zero-order valence-corrected chi connectivity index (χ0v) is 15.0. The molecule has 1 aromatic carbocycles. The molecule has 0 atom stereocenters. The third kappa shape index (κ3) is 6.85. The molecule has 0 amide bonds. The Bertz CT molecular complexity index is 441. The Balaban J connectivity index is 0.00000400. The molecule has 0 saturated carbocycles. The first kappa shape index (κ1) is 19.8. The molecule has 0 fully saturated rings. The van der Waals surface area contributed by atoms with Crippen LogP contribution in [0.3, 0.4) is 0 Å². The Morgan fingerprint density at radius 1 is 1.19 bits per heavy atom. The van der Waals surface area contributed by atoms with Crippen molar-refractivity contribution in [2.24, 2.45) is 4.99 Å². The molecule has 1 aromatic rings. The average molecular weight is 409 g/mol. The minimum absolute atomic E-state index is 0. The summed E-state index contributed by atoms with van der Waals surface area (Å²) in [5.74, 6) is 2.07. The van der Waals surface area contributed by atoms with Crippen LogP contribution in [0.25, 0.3) is 0 Å². The molecule has 0 aromatic heterocycles. The highest BCUT2D eigenvalue weighted by Crippen LogP contribution is 2.27. The predicted octanol–water partition coefficient (Wildman–Crippen LogP) is 1.37. The Morgan fingerprint density at radius 3 is 2.48 bits per heavy atom.